The van der Waals surface area contributed by atoms with Gasteiger partial charge in [-0.3, -0.25) is 9.69 Å². The first kappa shape index (κ1) is 18.5. The van der Waals surface area contributed by atoms with Crippen LogP contribution in [0.3, 0.4) is 0 Å². The van der Waals surface area contributed by atoms with Crippen molar-refractivity contribution in [2.75, 3.05) is 59.6 Å². The minimum absolute atomic E-state index is 0.203. The lowest BCUT2D eigenvalue weighted by Gasteiger charge is -2.34. The van der Waals surface area contributed by atoms with Crippen LogP contribution in [-0.2, 0) is 9.53 Å². The molecule has 1 aliphatic heterocycles. The average molecular weight is 336 g/mol. The molecule has 1 saturated heterocycles. The summed E-state index contributed by atoms with van der Waals surface area (Å²) in [4.78, 5) is 15.6. The van der Waals surface area contributed by atoms with Crippen molar-refractivity contribution in [3.05, 3.63) is 24.3 Å². The molecule has 1 heterocycles. The van der Waals surface area contributed by atoms with Crippen LogP contribution in [0.25, 0.3) is 0 Å². The molecule has 0 N–H and O–H groups in total. The Morgan fingerprint density at radius 2 is 1.54 bits per heavy atom. The van der Waals surface area contributed by atoms with Gasteiger partial charge in [-0.15, -0.1) is 0 Å². The fourth-order valence-corrected chi connectivity index (χ4v) is 2.71. The van der Waals surface area contributed by atoms with E-state index >= 15 is 0 Å². The van der Waals surface area contributed by atoms with Gasteiger partial charge in [-0.1, -0.05) is 0 Å². The smallest absolute Gasteiger partial charge is 0.302 e. The van der Waals surface area contributed by atoms with Crippen molar-refractivity contribution in [2.24, 2.45) is 0 Å². The molecule has 1 fully saturated rings. The molecule has 0 radical (unpaired) electrons. The molecule has 0 spiro atoms. The monoisotopic (exact) mass is 336 g/mol. The molecular weight excluding hydrogens is 308 g/mol. The summed E-state index contributed by atoms with van der Waals surface area (Å²) in [6.45, 7) is 8.71. The minimum atomic E-state index is -0.203. The maximum atomic E-state index is 10.8. The van der Waals surface area contributed by atoms with Crippen molar-refractivity contribution in [3.8, 4) is 11.5 Å². The third kappa shape index (κ3) is 6.76. The van der Waals surface area contributed by atoms with Crippen molar-refractivity contribution >= 4 is 5.97 Å². The number of benzene rings is 1. The summed E-state index contributed by atoms with van der Waals surface area (Å²) in [5.74, 6) is 1.52. The number of rotatable bonds is 9. The molecule has 0 aromatic heterocycles. The van der Waals surface area contributed by atoms with E-state index in [9.17, 15) is 4.79 Å². The number of nitrogens with zero attached hydrogens (tertiary/aromatic N) is 2. The number of methoxy groups -OCH3 is 1. The number of esters is 1. The van der Waals surface area contributed by atoms with E-state index in [4.69, 9.17) is 14.2 Å². The molecular formula is C18H28N2O4. The van der Waals surface area contributed by atoms with E-state index in [0.29, 0.717) is 6.61 Å². The highest BCUT2D eigenvalue weighted by Gasteiger charge is 2.16. The Morgan fingerprint density at radius 1 is 0.958 bits per heavy atom. The fraction of sp³-hybridized carbons (Fsp3) is 0.611. The summed E-state index contributed by atoms with van der Waals surface area (Å²) in [5, 5.41) is 0. The summed E-state index contributed by atoms with van der Waals surface area (Å²) in [6.07, 6.45) is 1.01. The van der Waals surface area contributed by atoms with Gasteiger partial charge in [0.15, 0.2) is 0 Å². The van der Waals surface area contributed by atoms with Crippen LogP contribution in [0.2, 0.25) is 0 Å². The highest BCUT2D eigenvalue weighted by atomic mass is 16.5. The Hall–Kier alpha value is -1.79. The quantitative estimate of drug-likeness (QED) is 0.505. The first-order chi connectivity index (χ1) is 11.7. The van der Waals surface area contributed by atoms with Gasteiger partial charge in [0.25, 0.3) is 0 Å². The predicted molar refractivity (Wildman–Crippen MR) is 92.6 cm³/mol. The summed E-state index contributed by atoms with van der Waals surface area (Å²) in [6, 6.07) is 7.68. The zero-order valence-corrected chi connectivity index (χ0v) is 14.7. The zero-order valence-electron chi connectivity index (χ0n) is 14.7. The van der Waals surface area contributed by atoms with Crippen molar-refractivity contribution in [2.45, 2.75) is 13.3 Å². The molecule has 0 bridgehead atoms. The highest BCUT2D eigenvalue weighted by molar-refractivity contribution is 5.65. The van der Waals surface area contributed by atoms with Crippen LogP contribution in [0, 0.1) is 0 Å². The number of hydrogen-bond donors (Lipinski definition) is 0. The molecule has 0 aliphatic carbocycles. The summed E-state index contributed by atoms with van der Waals surface area (Å²) < 4.78 is 15.9. The molecule has 0 amide bonds. The Kier molecular flexibility index (Phi) is 7.85. The molecule has 0 saturated carbocycles. The van der Waals surface area contributed by atoms with Crippen molar-refractivity contribution < 1.29 is 19.0 Å². The van der Waals surface area contributed by atoms with E-state index in [1.54, 1.807) is 7.11 Å². The lowest BCUT2D eigenvalue weighted by molar-refractivity contribution is -0.141. The Morgan fingerprint density at radius 3 is 2.12 bits per heavy atom. The second kappa shape index (κ2) is 10.2. The van der Waals surface area contributed by atoms with Gasteiger partial charge in [-0.25, -0.2) is 0 Å². The van der Waals surface area contributed by atoms with E-state index in [1.807, 2.05) is 24.3 Å². The Labute approximate surface area is 144 Å². The van der Waals surface area contributed by atoms with E-state index in [1.165, 1.54) is 6.92 Å². The normalized spacial score (nSPS) is 15.9. The number of carbonyl (C=O) groups excluding carboxylic acids is 1. The fourth-order valence-electron chi connectivity index (χ4n) is 2.71. The molecule has 1 aromatic carbocycles. The van der Waals surface area contributed by atoms with Gasteiger partial charge in [0.05, 0.1) is 13.7 Å². The van der Waals surface area contributed by atoms with Crippen LogP contribution in [0.15, 0.2) is 24.3 Å². The van der Waals surface area contributed by atoms with E-state index in [-0.39, 0.29) is 5.97 Å². The topological polar surface area (TPSA) is 51.2 Å². The van der Waals surface area contributed by atoms with E-state index < -0.39 is 0 Å². The number of piperazine rings is 1. The molecule has 6 nitrogen and oxygen atoms in total. The average Bonchev–Trinajstić information content (AvgIpc) is 2.60. The third-order valence-corrected chi connectivity index (χ3v) is 4.12. The zero-order chi connectivity index (χ0) is 17.2. The van der Waals surface area contributed by atoms with Gasteiger partial charge in [-0.05, 0) is 30.7 Å². The maximum Gasteiger partial charge on any atom is 0.302 e. The van der Waals surface area contributed by atoms with Crippen LogP contribution in [0.1, 0.15) is 13.3 Å². The van der Waals surface area contributed by atoms with Crippen LogP contribution < -0.4 is 9.47 Å². The number of hydrogen-bond acceptors (Lipinski definition) is 6. The first-order valence-corrected chi connectivity index (χ1v) is 8.52. The molecule has 0 atom stereocenters. The van der Waals surface area contributed by atoms with Gasteiger partial charge in [0, 0.05) is 46.2 Å². The first-order valence-electron chi connectivity index (χ1n) is 8.52. The molecule has 6 heteroatoms. The van der Waals surface area contributed by atoms with E-state index in [2.05, 4.69) is 9.80 Å². The molecule has 1 aliphatic rings. The van der Waals surface area contributed by atoms with Crippen LogP contribution in [-0.4, -0.2) is 75.4 Å². The largest absolute Gasteiger partial charge is 0.497 e. The van der Waals surface area contributed by atoms with Gasteiger partial charge in [0.2, 0.25) is 0 Å². The Bertz CT molecular complexity index is 484. The standard InChI is InChI=1S/C18H28N2O4/c1-16(21)23-15-13-20-11-9-19(10-12-20)8-3-14-24-18-6-4-17(22-2)5-7-18/h4-7H,3,8-15H2,1-2H3. The van der Waals surface area contributed by atoms with Gasteiger partial charge in [-0.2, -0.15) is 0 Å². The van der Waals surface area contributed by atoms with Gasteiger partial charge in [0.1, 0.15) is 18.1 Å². The van der Waals surface area contributed by atoms with Gasteiger partial charge >= 0.3 is 5.97 Å². The highest BCUT2D eigenvalue weighted by Crippen LogP contribution is 2.17. The molecule has 0 unspecified atom stereocenters. The SMILES string of the molecule is COc1ccc(OCCCN2CCN(CCOC(C)=O)CC2)cc1. The predicted octanol–water partition coefficient (Wildman–Crippen LogP) is 1.64. The van der Waals surface area contributed by atoms with Crippen LogP contribution in [0.4, 0.5) is 0 Å². The summed E-state index contributed by atoms with van der Waals surface area (Å²) in [5.41, 5.74) is 0. The summed E-state index contributed by atoms with van der Waals surface area (Å²) >= 11 is 0. The molecule has 2 rings (SSSR count). The minimum Gasteiger partial charge on any atom is -0.497 e. The Balaban J connectivity index is 1.53. The lowest BCUT2D eigenvalue weighted by Crippen LogP contribution is -2.47. The van der Waals surface area contributed by atoms with Crippen LogP contribution >= 0.6 is 0 Å². The second-order valence-electron chi connectivity index (χ2n) is 5.90. The second-order valence-corrected chi connectivity index (χ2v) is 5.90. The summed E-state index contributed by atoms with van der Waals surface area (Å²) in [7, 11) is 1.66. The number of ether oxygens (including phenoxy) is 3. The number of carbonyl (C=O) groups is 1. The lowest BCUT2D eigenvalue weighted by atomic mass is 10.3. The van der Waals surface area contributed by atoms with Crippen LogP contribution in [0.5, 0.6) is 11.5 Å². The maximum absolute atomic E-state index is 10.8. The van der Waals surface area contributed by atoms with Gasteiger partial charge < -0.3 is 19.1 Å². The molecule has 1 aromatic rings. The molecule has 24 heavy (non-hydrogen) atoms. The van der Waals surface area contributed by atoms with E-state index in [0.717, 1.165) is 63.8 Å². The van der Waals surface area contributed by atoms with Crippen molar-refractivity contribution in [1.29, 1.82) is 0 Å². The van der Waals surface area contributed by atoms with Crippen molar-refractivity contribution in [1.82, 2.24) is 9.80 Å². The third-order valence-electron chi connectivity index (χ3n) is 4.12. The van der Waals surface area contributed by atoms with Crippen molar-refractivity contribution in [3.63, 3.8) is 0 Å². The molecule has 134 valence electrons.